The number of hydrogen-bond donors (Lipinski definition) is 2. The highest BCUT2D eigenvalue weighted by atomic mass is 32.2. The van der Waals surface area contributed by atoms with Gasteiger partial charge < -0.3 is 9.84 Å². The summed E-state index contributed by atoms with van der Waals surface area (Å²) in [6.45, 7) is -0.0598. The highest BCUT2D eigenvalue weighted by molar-refractivity contribution is 7.89. The Labute approximate surface area is 122 Å². The predicted molar refractivity (Wildman–Crippen MR) is 74.9 cm³/mol. The van der Waals surface area contributed by atoms with Gasteiger partial charge in [0.2, 0.25) is 10.0 Å². The molecule has 0 unspecified atom stereocenters. The summed E-state index contributed by atoms with van der Waals surface area (Å²) in [4.78, 5) is 21.3. The fraction of sp³-hybridized carbons (Fsp3) is 0.231. The molecule has 114 valence electrons. The summed E-state index contributed by atoms with van der Waals surface area (Å²) in [5.74, 6) is -1.59. The highest BCUT2D eigenvalue weighted by Crippen LogP contribution is 2.11. The number of carbonyl (C=O) groups excluding carboxylic acids is 1. The van der Waals surface area contributed by atoms with Crippen molar-refractivity contribution in [1.29, 1.82) is 0 Å². The number of carboxylic acids is 1. The molecular weight excluding hydrogens is 298 g/mol. The average molecular weight is 313 g/mol. The Kier molecular flexibility index (Phi) is 6.07. The van der Waals surface area contributed by atoms with Crippen LogP contribution in [0.1, 0.15) is 12.0 Å². The van der Waals surface area contributed by atoms with Crippen LogP contribution in [0.4, 0.5) is 0 Å². The van der Waals surface area contributed by atoms with Crippen molar-refractivity contribution in [1.82, 2.24) is 4.72 Å². The Bertz CT molecular complexity index is 633. The zero-order valence-electron chi connectivity index (χ0n) is 11.3. The first-order valence-corrected chi connectivity index (χ1v) is 7.41. The Hall–Kier alpha value is -2.19. The van der Waals surface area contributed by atoms with Crippen LogP contribution in [0.15, 0.2) is 35.2 Å². The second-order valence-corrected chi connectivity index (χ2v) is 5.73. The van der Waals surface area contributed by atoms with Crippen LogP contribution in [0.5, 0.6) is 0 Å². The Morgan fingerprint density at radius 2 is 1.90 bits per heavy atom. The minimum absolute atomic E-state index is 0.0276. The molecule has 0 saturated heterocycles. The van der Waals surface area contributed by atoms with Gasteiger partial charge in [-0.1, -0.05) is 12.1 Å². The van der Waals surface area contributed by atoms with Crippen LogP contribution >= 0.6 is 0 Å². The van der Waals surface area contributed by atoms with Crippen molar-refractivity contribution in [3.05, 3.63) is 35.9 Å². The number of sulfonamides is 1. The summed E-state index contributed by atoms with van der Waals surface area (Å²) < 4.78 is 30.5. The van der Waals surface area contributed by atoms with Gasteiger partial charge in [-0.2, -0.15) is 0 Å². The number of nitrogens with one attached hydrogen (secondary N) is 1. The molecule has 21 heavy (non-hydrogen) atoms. The Morgan fingerprint density at radius 1 is 1.29 bits per heavy atom. The fourth-order valence-corrected chi connectivity index (χ4v) is 2.43. The first-order valence-electron chi connectivity index (χ1n) is 5.92. The van der Waals surface area contributed by atoms with E-state index in [1.165, 1.54) is 37.5 Å². The fourth-order valence-electron chi connectivity index (χ4n) is 1.40. The van der Waals surface area contributed by atoms with Crippen LogP contribution in [-0.2, 0) is 24.3 Å². The second kappa shape index (κ2) is 7.55. The van der Waals surface area contributed by atoms with Crippen molar-refractivity contribution < 1.29 is 27.9 Å². The minimum Gasteiger partial charge on any atom is -0.478 e. The van der Waals surface area contributed by atoms with E-state index in [1.807, 2.05) is 0 Å². The number of aliphatic carboxylic acids is 1. The topological polar surface area (TPSA) is 110 Å². The molecule has 0 heterocycles. The lowest BCUT2D eigenvalue weighted by molar-refractivity contribution is -0.140. The van der Waals surface area contributed by atoms with Crippen molar-refractivity contribution in [3.63, 3.8) is 0 Å². The number of hydrogen-bond acceptors (Lipinski definition) is 5. The molecule has 2 N–H and O–H groups in total. The monoisotopic (exact) mass is 313 g/mol. The van der Waals surface area contributed by atoms with E-state index in [0.717, 1.165) is 6.08 Å². The van der Waals surface area contributed by atoms with Gasteiger partial charge in [-0.05, 0) is 23.8 Å². The second-order valence-electron chi connectivity index (χ2n) is 3.96. The van der Waals surface area contributed by atoms with Crippen molar-refractivity contribution in [2.45, 2.75) is 11.3 Å². The lowest BCUT2D eigenvalue weighted by Gasteiger charge is -2.06. The van der Waals surface area contributed by atoms with Crippen LogP contribution in [0.2, 0.25) is 0 Å². The molecule has 1 aromatic rings. The maximum Gasteiger partial charge on any atom is 0.328 e. The van der Waals surface area contributed by atoms with Gasteiger partial charge in [0.05, 0.1) is 18.4 Å². The summed E-state index contributed by atoms with van der Waals surface area (Å²) in [7, 11) is -2.49. The predicted octanol–water partition coefficient (Wildman–Crippen LogP) is 0.626. The van der Waals surface area contributed by atoms with E-state index in [2.05, 4.69) is 9.46 Å². The van der Waals surface area contributed by atoms with Crippen molar-refractivity contribution >= 4 is 28.0 Å². The van der Waals surface area contributed by atoms with E-state index in [9.17, 15) is 18.0 Å². The first-order chi connectivity index (χ1) is 9.85. The van der Waals surface area contributed by atoms with E-state index in [4.69, 9.17) is 5.11 Å². The quantitative estimate of drug-likeness (QED) is 0.564. The number of benzene rings is 1. The molecule has 0 spiro atoms. The molecule has 0 aliphatic heterocycles. The lowest BCUT2D eigenvalue weighted by Crippen LogP contribution is -2.26. The first kappa shape index (κ1) is 16.9. The summed E-state index contributed by atoms with van der Waals surface area (Å²) in [5, 5.41) is 8.49. The highest BCUT2D eigenvalue weighted by Gasteiger charge is 2.13. The van der Waals surface area contributed by atoms with E-state index in [1.54, 1.807) is 0 Å². The largest absolute Gasteiger partial charge is 0.478 e. The maximum absolute atomic E-state index is 11.9. The SMILES string of the molecule is COC(=O)CCNS(=O)(=O)c1ccc(/C=C/C(=O)O)cc1. The Morgan fingerprint density at radius 3 is 2.43 bits per heavy atom. The van der Waals surface area contributed by atoms with Crippen LogP contribution in [0, 0.1) is 0 Å². The van der Waals surface area contributed by atoms with E-state index >= 15 is 0 Å². The summed E-state index contributed by atoms with van der Waals surface area (Å²) in [5.41, 5.74) is 0.561. The van der Waals surface area contributed by atoms with Gasteiger partial charge in [0.15, 0.2) is 0 Å². The van der Waals surface area contributed by atoms with Crippen LogP contribution in [-0.4, -0.2) is 39.1 Å². The molecule has 0 radical (unpaired) electrons. The Balaban J connectivity index is 2.71. The van der Waals surface area contributed by atoms with Crippen molar-refractivity contribution in [2.75, 3.05) is 13.7 Å². The van der Waals surface area contributed by atoms with Gasteiger partial charge in [-0.3, -0.25) is 4.79 Å². The van der Waals surface area contributed by atoms with Gasteiger partial charge >= 0.3 is 11.9 Å². The molecule has 0 aliphatic carbocycles. The molecule has 1 rings (SSSR count). The molecule has 0 bridgehead atoms. The number of carboxylic acid groups (broad SMARTS) is 1. The van der Waals surface area contributed by atoms with Crippen molar-refractivity contribution in [3.8, 4) is 0 Å². The zero-order chi connectivity index (χ0) is 15.9. The number of methoxy groups -OCH3 is 1. The molecule has 1 aromatic carbocycles. The van der Waals surface area contributed by atoms with Gasteiger partial charge in [0.25, 0.3) is 0 Å². The average Bonchev–Trinajstić information content (AvgIpc) is 2.45. The molecule has 7 nitrogen and oxygen atoms in total. The number of rotatable bonds is 7. The van der Waals surface area contributed by atoms with E-state index in [-0.39, 0.29) is 17.9 Å². The standard InChI is InChI=1S/C13H15NO6S/c1-20-13(17)8-9-14-21(18,19)11-5-2-10(3-6-11)4-7-12(15)16/h2-7,14H,8-9H2,1H3,(H,15,16)/b7-4+. The van der Waals surface area contributed by atoms with Gasteiger partial charge in [-0.15, -0.1) is 0 Å². The van der Waals surface area contributed by atoms with Gasteiger partial charge in [0, 0.05) is 12.6 Å². The minimum atomic E-state index is -3.71. The van der Waals surface area contributed by atoms with E-state index in [0.29, 0.717) is 5.56 Å². The summed E-state index contributed by atoms with van der Waals surface area (Å²) in [6.07, 6.45) is 2.25. The number of ether oxygens (including phenoxy) is 1. The molecule has 0 aliphatic rings. The smallest absolute Gasteiger partial charge is 0.328 e. The number of esters is 1. The molecule has 0 atom stereocenters. The van der Waals surface area contributed by atoms with E-state index < -0.39 is 22.0 Å². The van der Waals surface area contributed by atoms with Gasteiger partial charge in [-0.25, -0.2) is 17.9 Å². The van der Waals surface area contributed by atoms with Crippen LogP contribution < -0.4 is 4.72 Å². The summed E-state index contributed by atoms with van der Waals surface area (Å²) in [6, 6.07) is 5.66. The summed E-state index contributed by atoms with van der Waals surface area (Å²) >= 11 is 0. The molecule has 0 amide bonds. The number of carbonyl (C=O) groups is 2. The molecule has 0 aromatic heterocycles. The lowest BCUT2D eigenvalue weighted by atomic mass is 10.2. The third-order valence-electron chi connectivity index (χ3n) is 2.46. The van der Waals surface area contributed by atoms with Crippen LogP contribution in [0.25, 0.3) is 6.08 Å². The normalized spacial score (nSPS) is 11.5. The van der Waals surface area contributed by atoms with Crippen molar-refractivity contribution in [2.24, 2.45) is 0 Å². The van der Waals surface area contributed by atoms with Crippen LogP contribution in [0.3, 0.4) is 0 Å². The zero-order valence-corrected chi connectivity index (χ0v) is 12.1. The molecular formula is C13H15NO6S. The molecule has 8 heteroatoms. The molecule has 0 saturated carbocycles. The third-order valence-corrected chi connectivity index (χ3v) is 3.93. The third kappa shape index (κ3) is 5.76. The molecule has 0 fully saturated rings. The maximum atomic E-state index is 11.9. The van der Waals surface area contributed by atoms with Gasteiger partial charge in [0.1, 0.15) is 0 Å².